The Bertz CT molecular complexity index is 656. The molecule has 0 atom stereocenters. The van der Waals surface area contributed by atoms with Crippen LogP contribution in [0.3, 0.4) is 0 Å². The van der Waals surface area contributed by atoms with E-state index in [-0.39, 0.29) is 17.1 Å². The topological polar surface area (TPSA) is 35.5 Å². The minimum atomic E-state index is -0.728. The molecule has 0 bridgehead atoms. The predicted molar refractivity (Wildman–Crippen MR) is 74.1 cm³/mol. The average molecular weight is 295 g/mol. The summed E-state index contributed by atoms with van der Waals surface area (Å²) in [4.78, 5) is 12.1. The van der Waals surface area contributed by atoms with Crippen molar-refractivity contribution in [2.45, 2.75) is 6.92 Å². The Balaban J connectivity index is 2.32. The second-order valence-electron chi connectivity index (χ2n) is 4.17. The van der Waals surface area contributed by atoms with E-state index in [2.05, 4.69) is 0 Å². The fourth-order valence-corrected chi connectivity index (χ4v) is 1.84. The molecule has 104 valence electrons. The first-order chi connectivity index (χ1) is 9.51. The zero-order chi connectivity index (χ0) is 14.7. The van der Waals surface area contributed by atoms with Crippen molar-refractivity contribution < 1.29 is 18.7 Å². The van der Waals surface area contributed by atoms with E-state index < -0.39 is 11.8 Å². The number of carbonyl (C=O) groups is 1. The normalized spacial score (nSPS) is 10.2. The van der Waals surface area contributed by atoms with E-state index in [0.717, 1.165) is 11.6 Å². The number of carbonyl (C=O) groups excluding carboxylic acids is 1. The largest absolute Gasteiger partial charge is 0.496 e. The van der Waals surface area contributed by atoms with Gasteiger partial charge in [0.25, 0.3) is 0 Å². The highest BCUT2D eigenvalue weighted by atomic mass is 35.5. The molecular weight excluding hydrogens is 283 g/mol. The van der Waals surface area contributed by atoms with Crippen LogP contribution < -0.4 is 9.47 Å². The van der Waals surface area contributed by atoms with Crippen molar-refractivity contribution in [1.29, 1.82) is 0 Å². The summed E-state index contributed by atoms with van der Waals surface area (Å²) in [6, 6.07) is 8.68. The molecule has 0 unspecified atom stereocenters. The third-order valence-corrected chi connectivity index (χ3v) is 2.98. The number of benzene rings is 2. The van der Waals surface area contributed by atoms with E-state index in [1.54, 1.807) is 18.2 Å². The third kappa shape index (κ3) is 3.08. The van der Waals surface area contributed by atoms with Crippen LogP contribution in [0.1, 0.15) is 15.9 Å². The maximum Gasteiger partial charge on any atom is 0.347 e. The lowest BCUT2D eigenvalue weighted by Crippen LogP contribution is -2.11. The summed E-state index contributed by atoms with van der Waals surface area (Å²) in [5.74, 6) is -0.815. The molecule has 2 rings (SSSR count). The van der Waals surface area contributed by atoms with Crippen molar-refractivity contribution >= 4 is 17.6 Å². The van der Waals surface area contributed by atoms with Crippen LogP contribution in [0.5, 0.6) is 11.5 Å². The Labute approximate surface area is 120 Å². The Hall–Kier alpha value is -2.07. The first-order valence-electron chi connectivity index (χ1n) is 5.83. The molecule has 3 nitrogen and oxygen atoms in total. The summed E-state index contributed by atoms with van der Waals surface area (Å²) in [5.41, 5.74) is 0.897. The second-order valence-corrected chi connectivity index (χ2v) is 4.58. The molecule has 5 heteroatoms. The molecule has 0 fully saturated rings. The van der Waals surface area contributed by atoms with Crippen LogP contribution in [-0.4, -0.2) is 13.1 Å². The van der Waals surface area contributed by atoms with Gasteiger partial charge in [0.15, 0.2) is 0 Å². The second kappa shape index (κ2) is 5.92. The summed E-state index contributed by atoms with van der Waals surface area (Å²) in [6.45, 7) is 1.84. The van der Waals surface area contributed by atoms with Crippen LogP contribution >= 0.6 is 11.6 Å². The lowest BCUT2D eigenvalue weighted by molar-refractivity contribution is 0.0730. The number of methoxy groups -OCH3 is 1. The van der Waals surface area contributed by atoms with Gasteiger partial charge in [-0.2, -0.15) is 0 Å². The first-order valence-corrected chi connectivity index (χ1v) is 6.21. The van der Waals surface area contributed by atoms with Gasteiger partial charge >= 0.3 is 5.97 Å². The molecule has 20 heavy (non-hydrogen) atoms. The van der Waals surface area contributed by atoms with Crippen molar-refractivity contribution in [3.05, 3.63) is 58.4 Å². The lowest BCUT2D eigenvalue weighted by atomic mass is 10.2. The van der Waals surface area contributed by atoms with Crippen LogP contribution in [0.2, 0.25) is 5.02 Å². The van der Waals surface area contributed by atoms with Crippen molar-refractivity contribution in [1.82, 2.24) is 0 Å². The molecular formula is C15H12ClFO3. The Morgan fingerprint density at radius 2 is 1.90 bits per heavy atom. The number of rotatable bonds is 3. The van der Waals surface area contributed by atoms with Crippen LogP contribution in [0.15, 0.2) is 36.4 Å². The maximum atomic E-state index is 13.2. The molecule has 0 spiro atoms. The van der Waals surface area contributed by atoms with Crippen molar-refractivity contribution in [3.63, 3.8) is 0 Å². The highest BCUT2D eigenvalue weighted by Gasteiger charge is 2.17. The number of ether oxygens (including phenoxy) is 2. The molecule has 2 aromatic carbocycles. The smallest absolute Gasteiger partial charge is 0.347 e. The van der Waals surface area contributed by atoms with E-state index in [1.165, 1.54) is 19.2 Å². The molecule has 0 aromatic heterocycles. The van der Waals surface area contributed by atoms with E-state index >= 15 is 0 Å². The fourth-order valence-electron chi connectivity index (χ4n) is 1.68. The summed E-state index contributed by atoms with van der Waals surface area (Å²) >= 11 is 5.95. The van der Waals surface area contributed by atoms with Gasteiger partial charge in [0, 0.05) is 0 Å². The molecule has 0 saturated heterocycles. The van der Waals surface area contributed by atoms with Gasteiger partial charge in [-0.25, -0.2) is 9.18 Å². The van der Waals surface area contributed by atoms with E-state index in [1.807, 2.05) is 6.92 Å². The van der Waals surface area contributed by atoms with Crippen molar-refractivity contribution in [2.75, 3.05) is 7.11 Å². The zero-order valence-corrected chi connectivity index (χ0v) is 11.7. The predicted octanol–water partition coefficient (Wildman–Crippen LogP) is 4.02. The number of aryl methyl sites for hydroxylation is 1. The third-order valence-electron chi connectivity index (χ3n) is 2.67. The van der Waals surface area contributed by atoms with Crippen LogP contribution in [-0.2, 0) is 0 Å². The highest BCUT2D eigenvalue weighted by molar-refractivity contribution is 6.32. The quantitative estimate of drug-likeness (QED) is 0.633. The summed E-state index contributed by atoms with van der Waals surface area (Å²) in [5, 5.41) is 0.305. The summed E-state index contributed by atoms with van der Waals surface area (Å²) in [7, 11) is 1.39. The van der Waals surface area contributed by atoms with Gasteiger partial charge in [-0.3, -0.25) is 0 Å². The van der Waals surface area contributed by atoms with Gasteiger partial charge in [-0.15, -0.1) is 0 Å². The van der Waals surface area contributed by atoms with E-state index in [9.17, 15) is 9.18 Å². The standard InChI is InChI=1S/C15H12ClFO3/c1-9-3-5-12(16)14(7-9)20-15(18)11-8-10(17)4-6-13(11)19-2/h3-8H,1-2H3. The monoisotopic (exact) mass is 294 g/mol. The molecule has 0 radical (unpaired) electrons. The minimum absolute atomic E-state index is 0.00470. The summed E-state index contributed by atoms with van der Waals surface area (Å²) < 4.78 is 23.4. The van der Waals surface area contributed by atoms with Gasteiger partial charge in [0.05, 0.1) is 12.1 Å². The summed E-state index contributed by atoms with van der Waals surface area (Å²) in [6.07, 6.45) is 0. The molecule has 2 aromatic rings. The molecule has 0 N–H and O–H groups in total. The molecule has 0 aliphatic heterocycles. The van der Waals surface area contributed by atoms with Crippen LogP contribution in [0.25, 0.3) is 0 Å². The van der Waals surface area contributed by atoms with Crippen molar-refractivity contribution in [3.8, 4) is 11.5 Å². The number of esters is 1. The van der Waals surface area contributed by atoms with E-state index in [4.69, 9.17) is 21.1 Å². The van der Waals surface area contributed by atoms with Gasteiger partial charge in [-0.05, 0) is 42.8 Å². The zero-order valence-electron chi connectivity index (χ0n) is 10.9. The van der Waals surface area contributed by atoms with E-state index in [0.29, 0.717) is 5.02 Å². The minimum Gasteiger partial charge on any atom is -0.496 e. The molecule has 0 amide bonds. The van der Waals surface area contributed by atoms with Crippen molar-refractivity contribution in [2.24, 2.45) is 0 Å². The molecule has 0 heterocycles. The van der Waals surface area contributed by atoms with Gasteiger partial charge in [-0.1, -0.05) is 17.7 Å². The van der Waals surface area contributed by atoms with Gasteiger partial charge in [0.1, 0.15) is 22.9 Å². The van der Waals surface area contributed by atoms with Gasteiger partial charge in [0.2, 0.25) is 0 Å². The number of halogens is 2. The first kappa shape index (κ1) is 14.3. The Kier molecular flexibility index (Phi) is 4.25. The van der Waals surface area contributed by atoms with Crippen LogP contribution in [0.4, 0.5) is 4.39 Å². The number of hydrogen-bond acceptors (Lipinski definition) is 3. The van der Waals surface area contributed by atoms with Crippen LogP contribution in [0, 0.1) is 12.7 Å². The maximum absolute atomic E-state index is 13.2. The Morgan fingerprint density at radius 3 is 2.60 bits per heavy atom. The number of hydrogen-bond donors (Lipinski definition) is 0. The van der Waals surface area contributed by atoms with Gasteiger partial charge < -0.3 is 9.47 Å². The lowest BCUT2D eigenvalue weighted by Gasteiger charge is -2.10. The molecule has 0 saturated carbocycles. The fraction of sp³-hybridized carbons (Fsp3) is 0.133. The molecule has 0 aliphatic rings. The average Bonchev–Trinajstić information content (AvgIpc) is 2.42. The highest BCUT2D eigenvalue weighted by Crippen LogP contribution is 2.28. The Morgan fingerprint density at radius 1 is 1.15 bits per heavy atom. The SMILES string of the molecule is COc1ccc(F)cc1C(=O)Oc1cc(C)ccc1Cl. The molecule has 0 aliphatic carbocycles.